The van der Waals surface area contributed by atoms with Crippen molar-refractivity contribution in [1.82, 2.24) is 5.32 Å². The van der Waals surface area contributed by atoms with Crippen molar-refractivity contribution in [2.45, 2.75) is 82.1 Å². The quantitative estimate of drug-likeness (QED) is 0.728. The number of thioether (sulfide) groups is 1. The van der Waals surface area contributed by atoms with Gasteiger partial charge in [0.15, 0.2) is 0 Å². The standard InChI is InChI=1S/C16H31NOS/c1-2-11-17-15(16-10-3-4-13-19-16)9-5-7-14-8-6-12-18-14/h14-17H,2-13H2,1H3. The normalized spacial score (nSPS) is 29.5. The zero-order valence-electron chi connectivity index (χ0n) is 12.5. The van der Waals surface area contributed by atoms with Crippen LogP contribution in [-0.4, -0.2) is 36.3 Å². The van der Waals surface area contributed by atoms with Crippen LogP contribution in [0.2, 0.25) is 0 Å². The minimum absolute atomic E-state index is 0.575. The van der Waals surface area contributed by atoms with E-state index in [0.717, 1.165) is 17.9 Å². The van der Waals surface area contributed by atoms with Crippen molar-refractivity contribution >= 4 is 11.8 Å². The molecule has 0 radical (unpaired) electrons. The molecule has 2 rings (SSSR count). The fourth-order valence-corrected chi connectivity index (χ4v) is 4.74. The molecule has 0 aliphatic carbocycles. The Kier molecular flexibility index (Phi) is 7.62. The summed E-state index contributed by atoms with van der Waals surface area (Å²) in [6.07, 6.45) is 12.6. The van der Waals surface area contributed by atoms with Crippen LogP contribution >= 0.6 is 11.8 Å². The molecule has 2 aliphatic heterocycles. The highest BCUT2D eigenvalue weighted by atomic mass is 32.2. The summed E-state index contributed by atoms with van der Waals surface area (Å²) in [6.45, 7) is 4.45. The predicted octanol–water partition coefficient (Wildman–Crippen LogP) is 3.99. The molecule has 2 saturated heterocycles. The van der Waals surface area contributed by atoms with Crippen molar-refractivity contribution in [3.05, 3.63) is 0 Å². The highest BCUT2D eigenvalue weighted by molar-refractivity contribution is 8.00. The molecular weight excluding hydrogens is 254 g/mol. The Hall–Kier alpha value is 0.270. The van der Waals surface area contributed by atoms with Crippen LogP contribution < -0.4 is 5.32 Å². The highest BCUT2D eigenvalue weighted by Crippen LogP contribution is 2.30. The third-order valence-corrected chi connectivity index (χ3v) is 5.90. The van der Waals surface area contributed by atoms with Crippen LogP contribution in [0, 0.1) is 0 Å². The molecule has 2 aliphatic rings. The monoisotopic (exact) mass is 285 g/mol. The van der Waals surface area contributed by atoms with Gasteiger partial charge in [-0.25, -0.2) is 0 Å². The molecule has 3 atom stereocenters. The van der Waals surface area contributed by atoms with Gasteiger partial charge in [-0.05, 0) is 63.7 Å². The number of nitrogens with one attached hydrogen (secondary N) is 1. The number of hydrogen-bond acceptors (Lipinski definition) is 3. The lowest BCUT2D eigenvalue weighted by atomic mass is 9.99. The van der Waals surface area contributed by atoms with Crippen LogP contribution in [0.25, 0.3) is 0 Å². The van der Waals surface area contributed by atoms with Crippen molar-refractivity contribution in [3.63, 3.8) is 0 Å². The molecule has 0 aromatic carbocycles. The first-order valence-corrected chi connectivity index (χ1v) is 9.41. The largest absolute Gasteiger partial charge is 0.378 e. The SMILES string of the molecule is CCCNC(CCCC1CCCO1)C1CCCCS1. The minimum atomic E-state index is 0.575. The second-order valence-electron chi connectivity index (χ2n) is 6.03. The summed E-state index contributed by atoms with van der Waals surface area (Å²) in [5, 5.41) is 4.67. The van der Waals surface area contributed by atoms with Crippen LogP contribution in [0.1, 0.15) is 64.7 Å². The van der Waals surface area contributed by atoms with E-state index in [4.69, 9.17) is 4.74 Å². The van der Waals surface area contributed by atoms with E-state index in [-0.39, 0.29) is 0 Å². The van der Waals surface area contributed by atoms with Gasteiger partial charge in [-0.15, -0.1) is 0 Å². The van der Waals surface area contributed by atoms with Gasteiger partial charge in [0, 0.05) is 17.9 Å². The van der Waals surface area contributed by atoms with Crippen LogP contribution in [-0.2, 0) is 4.74 Å². The first-order valence-electron chi connectivity index (χ1n) is 8.36. The maximum Gasteiger partial charge on any atom is 0.0576 e. The fourth-order valence-electron chi connectivity index (χ4n) is 3.27. The summed E-state index contributed by atoms with van der Waals surface area (Å²) >= 11 is 2.21. The van der Waals surface area contributed by atoms with Crippen molar-refractivity contribution in [2.75, 3.05) is 18.9 Å². The lowest BCUT2D eigenvalue weighted by Gasteiger charge is -2.31. The van der Waals surface area contributed by atoms with Crippen LogP contribution in [0.3, 0.4) is 0 Å². The van der Waals surface area contributed by atoms with E-state index in [1.165, 1.54) is 70.1 Å². The molecule has 112 valence electrons. The number of hydrogen-bond donors (Lipinski definition) is 1. The molecule has 0 spiro atoms. The summed E-state index contributed by atoms with van der Waals surface area (Å²) < 4.78 is 5.74. The maximum absolute atomic E-state index is 5.74. The van der Waals surface area contributed by atoms with E-state index in [0.29, 0.717) is 6.10 Å². The Morgan fingerprint density at radius 1 is 1.26 bits per heavy atom. The Morgan fingerprint density at radius 3 is 2.89 bits per heavy atom. The summed E-state index contributed by atoms with van der Waals surface area (Å²) in [7, 11) is 0. The molecular formula is C16H31NOS. The Labute approximate surface area is 123 Å². The van der Waals surface area contributed by atoms with E-state index in [1.807, 2.05) is 0 Å². The lowest BCUT2D eigenvalue weighted by molar-refractivity contribution is 0.101. The first kappa shape index (κ1) is 15.7. The van der Waals surface area contributed by atoms with Crippen molar-refractivity contribution in [2.24, 2.45) is 0 Å². The van der Waals surface area contributed by atoms with Gasteiger partial charge in [0.1, 0.15) is 0 Å². The Morgan fingerprint density at radius 2 is 2.21 bits per heavy atom. The maximum atomic E-state index is 5.74. The average molecular weight is 285 g/mol. The Bertz CT molecular complexity index is 225. The summed E-state index contributed by atoms with van der Waals surface area (Å²) in [4.78, 5) is 0. The third kappa shape index (κ3) is 5.65. The molecule has 0 aromatic heterocycles. The van der Waals surface area contributed by atoms with E-state index in [2.05, 4.69) is 24.0 Å². The average Bonchev–Trinajstić information content (AvgIpc) is 2.97. The van der Waals surface area contributed by atoms with Crippen molar-refractivity contribution in [1.29, 1.82) is 0 Å². The summed E-state index contributed by atoms with van der Waals surface area (Å²) in [6, 6.07) is 0.742. The molecule has 0 amide bonds. The van der Waals surface area contributed by atoms with Gasteiger partial charge in [-0.2, -0.15) is 11.8 Å². The number of ether oxygens (including phenoxy) is 1. The second kappa shape index (κ2) is 9.25. The molecule has 0 bridgehead atoms. The van der Waals surface area contributed by atoms with Crippen LogP contribution in [0.5, 0.6) is 0 Å². The van der Waals surface area contributed by atoms with E-state index in [9.17, 15) is 0 Å². The van der Waals surface area contributed by atoms with Crippen LogP contribution in [0.15, 0.2) is 0 Å². The van der Waals surface area contributed by atoms with Gasteiger partial charge in [0.2, 0.25) is 0 Å². The molecule has 2 fully saturated rings. The fraction of sp³-hybridized carbons (Fsp3) is 1.00. The second-order valence-corrected chi connectivity index (χ2v) is 7.38. The topological polar surface area (TPSA) is 21.3 Å². The van der Waals surface area contributed by atoms with Crippen LogP contribution in [0.4, 0.5) is 0 Å². The molecule has 0 saturated carbocycles. The zero-order valence-corrected chi connectivity index (χ0v) is 13.4. The van der Waals surface area contributed by atoms with E-state index >= 15 is 0 Å². The molecule has 1 N–H and O–H groups in total. The van der Waals surface area contributed by atoms with E-state index < -0.39 is 0 Å². The van der Waals surface area contributed by atoms with E-state index in [1.54, 1.807) is 0 Å². The van der Waals surface area contributed by atoms with Gasteiger partial charge < -0.3 is 10.1 Å². The molecule has 3 heteroatoms. The summed E-state index contributed by atoms with van der Waals surface area (Å²) in [5.74, 6) is 1.38. The third-order valence-electron chi connectivity index (χ3n) is 4.39. The molecule has 0 aromatic rings. The van der Waals surface area contributed by atoms with Gasteiger partial charge in [0.05, 0.1) is 6.10 Å². The van der Waals surface area contributed by atoms with Crippen molar-refractivity contribution < 1.29 is 4.74 Å². The van der Waals surface area contributed by atoms with Crippen molar-refractivity contribution in [3.8, 4) is 0 Å². The predicted molar refractivity (Wildman–Crippen MR) is 85.0 cm³/mol. The number of rotatable bonds is 8. The molecule has 2 nitrogen and oxygen atoms in total. The molecule has 2 heterocycles. The molecule has 19 heavy (non-hydrogen) atoms. The van der Waals surface area contributed by atoms with Gasteiger partial charge in [0.25, 0.3) is 0 Å². The zero-order chi connectivity index (χ0) is 13.3. The Balaban J connectivity index is 1.69. The summed E-state index contributed by atoms with van der Waals surface area (Å²) in [5.41, 5.74) is 0. The lowest BCUT2D eigenvalue weighted by Crippen LogP contribution is -2.40. The smallest absolute Gasteiger partial charge is 0.0576 e. The van der Waals surface area contributed by atoms with Gasteiger partial charge >= 0.3 is 0 Å². The first-order chi connectivity index (χ1) is 9.40. The van der Waals surface area contributed by atoms with Gasteiger partial charge in [-0.1, -0.05) is 13.3 Å². The minimum Gasteiger partial charge on any atom is -0.378 e. The van der Waals surface area contributed by atoms with Gasteiger partial charge in [-0.3, -0.25) is 0 Å². The molecule has 3 unspecified atom stereocenters. The highest BCUT2D eigenvalue weighted by Gasteiger charge is 2.24.